The third-order valence-corrected chi connectivity index (χ3v) is 9.36. The lowest BCUT2D eigenvalue weighted by Crippen LogP contribution is -2.48. The molecule has 0 bridgehead atoms. The van der Waals surface area contributed by atoms with Crippen LogP contribution in [0.3, 0.4) is 0 Å². The van der Waals surface area contributed by atoms with Gasteiger partial charge in [-0.05, 0) is 78.0 Å². The van der Waals surface area contributed by atoms with Crippen molar-refractivity contribution < 1.29 is 33.5 Å². The third-order valence-electron chi connectivity index (χ3n) is 9.36. The minimum Gasteiger partial charge on any atom is -0.490 e. The fraction of sp³-hybridized carbons (Fsp3) is 0.657. The molecule has 1 saturated carbocycles. The molecule has 1 aliphatic heterocycles. The van der Waals surface area contributed by atoms with E-state index in [0.29, 0.717) is 40.7 Å². The van der Waals surface area contributed by atoms with Crippen LogP contribution in [0.25, 0.3) is 0 Å². The molecule has 4 amide bonds. The van der Waals surface area contributed by atoms with Crippen LogP contribution in [0.5, 0.6) is 5.75 Å². The first-order chi connectivity index (χ1) is 22.5. The number of aromatic nitrogens is 1. The monoisotopic (exact) mass is 655 g/mol. The number of hydrogen-bond acceptors (Lipinski definition) is 8. The van der Waals surface area contributed by atoms with Gasteiger partial charge in [-0.3, -0.25) is 9.59 Å². The zero-order valence-corrected chi connectivity index (χ0v) is 28.8. The topological polar surface area (TPSA) is 146 Å². The third kappa shape index (κ3) is 9.70. The number of nitrogens with zero attached hydrogens (tertiary/aromatic N) is 3. The number of amides is 4. The van der Waals surface area contributed by atoms with Gasteiger partial charge in [0.05, 0.1) is 30.4 Å². The van der Waals surface area contributed by atoms with Crippen LogP contribution in [0.2, 0.25) is 0 Å². The minimum absolute atomic E-state index is 0.0241. The lowest BCUT2D eigenvalue weighted by atomic mass is 9.88. The van der Waals surface area contributed by atoms with Gasteiger partial charge in [-0.25, -0.2) is 4.79 Å². The lowest BCUT2D eigenvalue weighted by molar-refractivity contribution is -0.120. The summed E-state index contributed by atoms with van der Waals surface area (Å²) in [4.78, 5) is 43.8. The normalized spacial score (nSPS) is 22.4. The first-order valence-corrected chi connectivity index (χ1v) is 17.1. The number of likely N-dealkylation sites (N-methyl/N-ethyl adjacent to an activating group) is 1. The molecule has 3 N–H and O–H groups in total. The van der Waals surface area contributed by atoms with Crippen molar-refractivity contribution in [2.75, 3.05) is 44.0 Å². The molecular weight excluding hydrogens is 602 g/mol. The number of anilines is 2. The molecule has 1 fully saturated rings. The van der Waals surface area contributed by atoms with Gasteiger partial charge in [-0.1, -0.05) is 31.3 Å². The molecule has 4 rings (SSSR count). The molecule has 0 unspecified atom stereocenters. The Balaban J connectivity index is 1.58. The zero-order chi connectivity index (χ0) is 34.1. The second kappa shape index (κ2) is 17.0. The van der Waals surface area contributed by atoms with Gasteiger partial charge in [0.25, 0.3) is 5.91 Å². The van der Waals surface area contributed by atoms with Crippen molar-refractivity contribution in [3.8, 4) is 5.75 Å². The number of rotatable bonds is 7. The molecule has 2 heterocycles. The molecule has 0 radical (unpaired) electrons. The van der Waals surface area contributed by atoms with Gasteiger partial charge in [-0.2, -0.15) is 0 Å². The average Bonchev–Trinajstić information content (AvgIpc) is 3.38. The van der Waals surface area contributed by atoms with Crippen LogP contribution >= 0.6 is 0 Å². The van der Waals surface area contributed by atoms with Gasteiger partial charge in [-0.15, -0.1) is 0 Å². The van der Waals surface area contributed by atoms with Crippen LogP contribution in [0.15, 0.2) is 22.7 Å². The standard InChI is InChI=1S/C35H53N5O7/c1-22-19-40(23(2)21-41)34(43)29-18-28(36-33(42)27-13-8-7-9-14-27)15-16-30(29)46-24(3)12-10-11-17-45-31(22)20-39(6)35(44)37-32-25(4)38-47-26(32)5/h15-16,18,22-24,27,31,41H,7-14,17,19-21H2,1-6H3,(H,36,42)(H,37,44)/t22-,23+,24-,31+/m1/s1. The molecule has 2 aliphatic rings. The van der Waals surface area contributed by atoms with Crippen LogP contribution in [-0.2, 0) is 9.53 Å². The van der Waals surface area contributed by atoms with Gasteiger partial charge in [0, 0.05) is 44.3 Å². The summed E-state index contributed by atoms with van der Waals surface area (Å²) in [5.41, 5.74) is 2.01. The zero-order valence-electron chi connectivity index (χ0n) is 28.8. The molecule has 0 spiro atoms. The Morgan fingerprint density at radius 3 is 2.49 bits per heavy atom. The van der Waals surface area contributed by atoms with E-state index in [0.717, 1.165) is 51.4 Å². The van der Waals surface area contributed by atoms with E-state index in [1.807, 2.05) is 13.8 Å². The molecule has 260 valence electrons. The summed E-state index contributed by atoms with van der Waals surface area (Å²) in [6, 6.07) is 4.41. The van der Waals surface area contributed by atoms with E-state index in [2.05, 4.69) is 15.8 Å². The number of benzene rings is 1. The quantitative estimate of drug-likeness (QED) is 0.341. The Morgan fingerprint density at radius 1 is 1.09 bits per heavy atom. The summed E-state index contributed by atoms with van der Waals surface area (Å²) < 4.78 is 17.9. The maximum Gasteiger partial charge on any atom is 0.321 e. The first kappa shape index (κ1) is 36.2. The highest BCUT2D eigenvalue weighted by Gasteiger charge is 2.31. The summed E-state index contributed by atoms with van der Waals surface area (Å²) >= 11 is 0. The molecule has 12 nitrogen and oxygen atoms in total. The predicted octanol–water partition coefficient (Wildman–Crippen LogP) is 5.77. The number of urea groups is 1. The van der Waals surface area contributed by atoms with E-state index in [1.54, 1.807) is 55.8 Å². The van der Waals surface area contributed by atoms with Crippen LogP contribution in [0.1, 0.15) is 93.9 Å². The minimum atomic E-state index is -0.509. The van der Waals surface area contributed by atoms with E-state index < -0.39 is 12.1 Å². The van der Waals surface area contributed by atoms with E-state index >= 15 is 0 Å². The number of carbonyl (C=O) groups is 3. The number of nitrogens with one attached hydrogen (secondary N) is 2. The molecular formula is C35H53N5O7. The molecule has 2 aromatic rings. The fourth-order valence-corrected chi connectivity index (χ4v) is 6.29. The van der Waals surface area contributed by atoms with Crippen LogP contribution in [0.4, 0.5) is 16.2 Å². The number of aliphatic hydroxyl groups excluding tert-OH is 1. The second-order valence-corrected chi connectivity index (χ2v) is 13.3. The van der Waals surface area contributed by atoms with Gasteiger partial charge in [0.15, 0.2) is 5.76 Å². The van der Waals surface area contributed by atoms with Crippen molar-refractivity contribution in [2.24, 2.45) is 11.8 Å². The average molecular weight is 656 g/mol. The van der Waals surface area contributed by atoms with E-state index in [1.165, 1.54) is 0 Å². The molecule has 1 aromatic carbocycles. The molecule has 47 heavy (non-hydrogen) atoms. The number of aryl methyl sites for hydroxylation is 2. The molecule has 0 saturated heterocycles. The van der Waals surface area contributed by atoms with E-state index in [9.17, 15) is 19.5 Å². The predicted molar refractivity (Wildman–Crippen MR) is 180 cm³/mol. The number of ether oxygens (including phenoxy) is 2. The van der Waals surface area contributed by atoms with Crippen molar-refractivity contribution in [2.45, 2.75) is 104 Å². The summed E-state index contributed by atoms with van der Waals surface area (Å²) in [5.74, 6) is 0.398. The number of aliphatic hydroxyl groups is 1. The SMILES string of the molecule is Cc1noc(C)c1NC(=O)N(C)C[C@@H]1OCCCC[C@@H](C)Oc2ccc(NC(=O)C3CCCCC3)cc2C(=O)N([C@@H](C)CO)C[C@H]1C. The van der Waals surface area contributed by atoms with E-state index in [4.69, 9.17) is 14.0 Å². The largest absolute Gasteiger partial charge is 0.490 e. The Labute approximate surface area is 278 Å². The number of hydrogen-bond donors (Lipinski definition) is 3. The Morgan fingerprint density at radius 2 is 1.81 bits per heavy atom. The molecule has 1 aliphatic carbocycles. The highest BCUT2D eigenvalue weighted by Crippen LogP contribution is 2.30. The Bertz CT molecular complexity index is 1340. The highest BCUT2D eigenvalue weighted by molar-refractivity contribution is 6.00. The maximum absolute atomic E-state index is 14.4. The first-order valence-electron chi connectivity index (χ1n) is 17.1. The summed E-state index contributed by atoms with van der Waals surface area (Å²) in [6.45, 7) is 10.1. The molecule has 12 heteroatoms. The summed E-state index contributed by atoms with van der Waals surface area (Å²) in [6.07, 6.45) is 6.86. The van der Waals surface area contributed by atoms with Gasteiger partial charge in [0.1, 0.15) is 17.1 Å². The Hall–Kier alpha value is -3.64. The number of carbonyl (C=O) groups excluding carboxylic acids is 3. The summed E-state index contributed by atoms with van der Waals surface area (Å²) in [7, 11) is 1.70. The summed E-state index contributed by atoms with van der Waals surface area (Å²) in [5, 5.41) is 20.1. The second-order valence-electron chi connectivity index (χ2n) is 13.3. The van der Waals surface area contributed by atoms with Crippen molar-refractivity contribution in [3.05, 3.63) is 35.2 Å². The molecule has 1 aromatic heterocycles. The number of fused-ring (bicyclic) bond motifs is 1. The fourth-order valence-electron chi connectivity index (χ4n) is 6.29. The van der Waals surface area contributed by atoms with Crippen LogP contribution < -0.4 is 15.4 Å². The van der Waals surface area contributed by atoms with Crippen molar-refractivity contribution in [1.82, 2.24) is 15.0 Å². The van der Waals surface area contributed by atoms with E-state index in [-0.39, 0.29) is 55.5 Å². The van der Waals surface area contributed by atoms with Crippen LogP contribution in [0, 0.1) is 25.7 Å². The Kier molecular flexibility index (Phi) is 13.1. The van der Waals surface area contributed by atoms with Gasteiger partial charge < -0.3 is 39.5 Å². The van der Waals surface area contributed by atoms with Crippen molar-refractivity contribution in [3.63, 3.8) is 0 Å². The van der Waals surface area contributed by atoms with Crippen molar-refractivity contribution in [1.29, 1.82) is 0 Å². The highest BCUT2D eigenvalue weighted by atomic mass is 16.5. The van der Waals surface area contributed by atoms with Crippen molar-refractivity contribution >= 4 is 29.2 Å². The molecule has 4 atom stereocenters. The van der Waals surface area contributed by atoms with Crippen LogP contribution in [-0.4, -0.2) is 89.5 Å². The van der Waals surface area contributed by atoms with Gasteiger partial charge in [0.2, 0.25) is 5.91 Å². The van der Waals surface area contributed by atoms with Gasteiger partial charge >= 0.3 is 6.03 Å². The smallest absolute Gasteiger partial charge is 0.321 e. The maximum atomic E-state index is 14.4. The lowest BCUT2D eigenvalue weighted by Gasteiger charge is -2.35.